The maximum atomic E-state index is 12.5. The predicted octanol–water partition coefficient (Wildman–Crippen LogP) is 7.55. The number of hydrogen-bond acceptors (Lipinski definition) is 3. The number of fused-ring (bicyclic) bond motifs is 2. The third kappa shape index (κ3) is 3.73. The van der Waals surface area contributed by atoms with Crippen LogP contribution >= 0.6 is 0 Å². The van der Waals surface area contributed by atoms with Crippen molar-refractivity contribution in [3.8, 4) is 5.75 Å². The Balaban J connectivity index is 1.33. The Kier molecular flexibility index (Phi) is 4.88. The van der Waals surface area contributed by atoms with E-state index in [1.165, 1.54) is 11.3 Å². The number of hydrogen-bond donors (Lipinski definition) is 0. The van der Waals surface area contributed by atoms with Crippen molar-refractivity contribution in [1.29, 1.82) is 0 Å². The molecule has 0 saturated carbocycles. The maximum Gasteiger partial charge on any atom is 0.422 e. The van der Waals surface area contributed by atoms with E-state index < -0.39 is 12.8 Å². The summed E-state index contributed by atoms with van der Waals surface area (Å²) in [6.45, 7) is 0.883. The van der Waals surface area contributed by atoms with E-state index in [-0.39, 0.29) is 17.2 Å². The number of pyridine rings is 1. The molecule has 176 valence electrons. The average Bonchev–Trinajstić information content (AvgIpc) is 3.20. The first-order valence-corrected chi connectivity index (χ1v) is 11.6. The van der Waals surface area contributed by atoms with Gasteiger partial charge in [-0.3, -0.25) is 0 Å². The third-order valence-corrected chi connectivity index (χ3v) is 7.03. The highest BCUT2D eigenvalue weighted by Crippen LogP contribution is 2.53. The highest BCUT2D eigenvalue weighted by molar-refractivity contribution is 5.93. The van der Waals surface area contributed by atoms with Crippen molar-refractivity contribution in [3.63, 3.8) is 0 Å². The van der Waals surface area contributed by atoms with Gasteiger partial charge in [0.15, 0.2) is 6.61 Å². The van der Waals surface area contributed by atoms with Gasteiger partial charge in [-0.05, 0) is 60.9 Å². The minimum absolute atomic E-state index is 0.0851. The van der Waals surface area contributed by atoms with Crippen LogP contribution in [0.15, 0.2) is 102 Å². The van der Waals surface area contributed by atoms with E-state index in [9.17, 15) is 13.2 Å². The zero-order valence-electron chi connectivity index (χ0n) is 19.1. The molecule has 2 aromatic carbocycles. The lowest BCUT2D eigenvalue weighted by Gasteiger charge is -2.37. The maximum absolute atomic E-state index is 12.5. The van der Waals surface area contributed by atoms with Gasteiger partial charge in [0.2, 0.25) is 0 Å². The molecule has 0 saturated heterocycles. The standard InChI is InChI=1S/C29H23F3N2O/c1-19(34-17-23-6-2-4-12-28(23)13-5-3-7-27(28)34)20-9-11-25-22(14-20)15-21-8-10-24(16-26(21)33-25)35-18-29(30,31)32/h2-12,14-17,19H,13,18H2,1H3. The van der Waals surface area contributed by atoms with Gasteiger partial charge in [0.1, 0.15) is 5.75 Å². The molecule has 2 heterocycles. The second-order valence-electron chi connectivity index (χ2n) is 9.24. The van der Waals surface area contributed by atoms with Crippen LogP contribution in [0.5, 0.6) is 5.75 Å². The van der Waals surface area contributed by atoms with E-state index in [4.69, 9.17) is 4.74 Å². The van der Waals surface area contributed by atoms with Gasteiger partial charge < -0.3 is 9.64 Å². The number of halogens is 3. The van der Waals surface area contributed by atoms with Crippen molar-refractivity contribution in [1.82, 2.24) is 9.88 Å². The molecule has 1 aliphatic heterocycles. The summed E-state index contributed by atoms with van der Waals surface area (Å²) in [6.07, 6.45) is 14.1. The molecule has 6 heteroatoms. The van der Waals surface area contributed by atoms with E-state index in [1.54, 1.807) is 18.2 Å². The van der Waals surface area contributed by atoms with E-state index in [2.05, 4.69) is 77.7 Å². The molecule has 0 radical (unpaired) electrons. The number of allylic oxidation sites excluding steroid dienone is 7. The van der Waals surface area contributed by atoms with Crippen molar-refractivity contribution in [2.45, 2.75) is 25.6 Å². The molecule has 2 unspecified atom stereocenters. The van der Waals surface area contributed by atoms with Gasteiger partial charge in [0.25, 0.3) is 0 Å². The largest absolute Gasteiger partial charge is 0.484 e. The molecule has 0 amide bonds. The molecular weight excluding hydrogens is 449 g/mol. The fraction of sp³-hybridized carbons (Fsp3) is 0.207. The fourth-order valence-electron chi connectivity index (χ4n) is 5.23. The SMILES string of the molecule is CC(c1ccc2nc3cc(OCC(F)(F)F)ccc3cc2c1)N1C=C2C=CC=CC23CC=CC=C13. The quantitative estimate of drug-likeness (QED) is 0.367. The van der Waals surface area contributed by atoms with Crippen LogP contribution in [-0.2, 0) is 0 Å². The summed E-state index contributed by atoms with van der Waals surface area (Å²) in [5, 5.41) is 1.84. The van der Waals surface area contributed by atoms with E-state index in [1.807, 2.05) is 12.1 Å². The molecule has 0 bridgehead atoms. The van der Waals surface area contributed by atoms with Crippen LogP contribution in [0, 0.1) is 5.41 Å². The number of nitrogens with zero attached hydrogens (tertiary/aromatic N) is 2. The summed E-state index contributed by atoms with van der Waals surface area (Å²) in [5.74, 6) is 0.155. The molecule has 0 N–H and O–H groups in total. The van der Waals surface area contributed by atoms with Gasteiger partial charge in [0, 0.05) is 28.7 Å². The molecular formula is C29H23F3N2O. The summed E-state index contributed by atoms with van der Waals surface area (Å²) in [4.78, 5) is 7.04. The smallest absolute Gasteiger partial charge is 0.422 e. The summed E-state index contributed by atoms with van der Waals surface area (Å²) in [6, 6.07) is 13.2. The predicted molar refractivity (Wildman–Crippen MR) is 132 cm³/mol. The van der Waals surface area contributed by atoms with Crippen molar-refractivity contribution in [3.05, 3.63) is 108 Å². The fourth-order valence-corrected chi connectivity index (χ4v) is 5.23. The second kappa shape index (κ2) is 7.87. The second-order valence-corrected chi connectivity index (χ2v) is 9.24. The van der Waals surface area contributed by atoms with Gasteiger partial charge in [-0.1, -0.05) is 42.5 Å². The van der Waals surface area contributed by atoms with Gasteiger partial charge >= 0.3 is 6.18 Å². The summed E-state index contributed by atoms with van der Waals surface area (Å²) in [7, 11) is 0. The molecule has 3 aliphatic rings. The Labute approximate surface area is 201 Å². The normalized spacial score (nSPS) is 21.7. The van der Waals surface area contributed by atoms with Crippen LogP contribution in [0.25, 0.3) is 21.8 Å². The number of alkyl halides is 3. The van der Waals surface area contributed by atoms with E-state index in [0.717, 1.165) is 28.3 Å². The number of rotatable bonds is 4. The highest BCUT2D eigenvalue weighted by atomic mass is 19.4. The molecule has 2 atom stereocenters. The Hall–Kier alpha value is -3.80. The summed E-state index contributed by atoms with van der Waals surface area (Å²) in [5.41, 5.74) is 5.06. The van der Waals surface area contributed by atoms with Crippen LogP contribution in [0.3, 0.4) is 0 Å². The van der Waals surface area contributed by atoms with Gasteiger partial charge in [-0.2, -0.15) is 13.2 Å². The van der Waals surface area contributed by atoms with Gasteiger partial charge in [-0.15, -0.1) is 0 Å². The van der Waals surface area contributed by atoms with Crippen LogP contribution in [-0.4, -0.2) is 22.7 Å². The third-order valence-electron chi connectivity index (χ3n) is 7.03. The summed E-state index contributed by atoms with van der Waals surface area (Å²) < 4.78 is 42.4. The van der Waals surface area contributed by atoms with Crippen molar-refractivity contribution in [2.24, 2.45) is 5.41 Å². The molecule has 1 spiro atoms. The first-order chi connectivity index (χ1) is 16.8. The lowest BCUT2D eigenvalue weighted by molar-refractivity contribution is -0.153. The van der Waals surface area contributed by atoms with Crippen LogP contribution in [0.1, 0.15) is 24.9 Å². The Morgan fingerprint density at radius 3 is 2.77 bits per heavy atom. The van der Waals surface area contributed by atoms with E-state index >= 15 is 0 Å². The monoisotopic (exact) mass is 472 g/mol. The molecule has 3 aromatic rings. The molecule has 35 heavy (non-hydrogen) atoms. The highest BCUT2D eigenvalue weighted by Gasteiger charge is 2.44. The molecule has 1 aromatic heterocycles. The summed E-state index contributed by atoms with van der Waals surface area (Å²) >= 11 is 0. The lowest BCUT2D eigenvalue weighted by atomic mass is 9.72. The number of benzene rings is 2. The number of ether oxygens (including phenoxy) is 1. The lowest BCUT2D eigenvalue weighted by Crippen LogP contribution is -2.28. The average molecular weight is 473 g/mol. The molecule has 6 rings (SSSR count). The molecule has 0 fully saturated rings. The van der Waals surface area contributed by atoms with Crippen molar-refractivity contribution in [2.75, 3.05) is 6.61 Å². The van der Waals surface area contributed by atoms with E-state index in [0.29, 0.717) is 5.52 Å². The van der Waals surface area contributed by atoms with Gasteiger partial charge in [-0.25, -0.2) is 4.98 Å². The minimum atomic E-state index is -4.38. The van der Waals surface area contributed by atoms with Crippen LogP contribution in [0.2, 0.25) is 0 Å². The number of aromatic nitrogens is 1. The zero-order chi connectivity index (χ0) is 24.2. The Morgan fingerprint density at radius 2 is 1.91 bits per heavy atom. The molecule has 2 aliphatic carbocycles. The van der Waals surface area contributed by atoms with Crippen molar-refractivity contribution < 1.29 is 17.9 Å². The Morgan fingerprint density at radius 1 is 1.03 bits per heavy atom. The van der Waals surface area contributed by atoms with Gasteiger partial charge in [0.05, 0.1) is 22.5 Å². The minimum Gasteiger partial charge on any atom is -0.484 e. The zero-order valence-corrected chi connectivity index (χ0v) is 19.1. The van der Waals surface area contributed by atoms with Crippen LogP contribution < -0.4 is 4.74 Å². The topological polar surface area (TPSA) is 25.4 Å². The first-order valence-electron chi connectivity index (χ1n) is 11.6. The first kappa shape index (κ1) is 21.7. The van der Waals surface area contributed by atoms with Crippen LogP contribution in [0.4, 0.5) is 13.2 Å². The van der Waals surface area contributed by atoms with Crippen molar-refractivity contribution >= 4 is 21.8 Å². The Bertz CT molecular complexity index is 1500. The molecule has 3 nitrogen and oxygen atoms in total.